The summed E-state index contributed by atoms with van der Waals surface area (Å²) in [6, 6.07) is 7.14. The van der Waals surface area contributed by atoms with E-state index >= 15 is 0 Å². The zero-order valence-electron chi connectivity index (χ0n) is 21.5. The average Bonchev–Trinajstić information content (AvgIpc) is 2.87. The molecule has 1 atom stereocenters. The molecule has 0 N–H and O–H groups in total. The van der Waals surface area contributed by atoms with Crippen LogP contribution in [-0.4, -0.2) is 11.1 Å². The Kier molecular flexibility index (Phi) is 11.8. The van der Waals surface area contributed by atoms with Crippen molar-refractivity contribution >= 4 is 29.0 Å². The predicted octanol–water partition coefficient (Wildman–Crippen LogP) is 9.33. The zero-order chi connectivity index (χ0) is 24.2. The standard InChI is InChI=1S/C30H45NO2S/c1-3-4-5-6-7-8-9-24-10-12-25(13-11-24)23(2)26-14-16-27(17-15-26)30(32)33-29-20-18-28(19-21-29)31-22-34/h18-21,23-27H,3-17H2,1-2H3. The number of hydrogen-bond donors (Lipinski definition) is 0. The lowest BCUT2D eigenvalue weighted by molar-refractivity contribution is -0.140. The molecule has 1 unspecified atom stereocenters. The highest BCUT2D eigenvalue weighted by molar-refractivity contribution is 7.78. The number of unbranched alkanes of at least 4 members (excludes halogenated alkanes) is 5. The third-order valence-corrected chi connectivity index (χ3v) is 8.77. The van der Waals surface area contributed by atoms with Crippen molar-refractivity contribution in [3.63, 3.8) is 0 Å². The largest absolute Gasteiger partial charge is 0.426 e. The van der Waals surface area contributed by atoms with Gasteiger partial charge in [-0.25, -0.2) is 0 Å². The highest BCUT2D eigenvalue weighted by Gasteiger charge is 2.34. The monoisotopic (exact) mass is 483 g/mol. The van der Waals surface area contributed by atoms with E-state index in [4.69, 9.17) is 4.74 Å². The van der Waals surface area contributed by atoms with Gasteiger partial charge in [-0.05, 0) is 98.7 Å². The van der Waals surface area contributed by atoms with Crippen LogP contribution in [0, 0.1) is 29.6 Å². The van der Waals surface area contributed by atoms with Crippen molar-refractivity contribution in [2.75, 3.05) is 0 Å². The summed E-state index contributed by atoms with van der Waals surface area (Å²) in [6.07, 6.45) is 20.0. The molecule has 0 aliphatic heterocycles. The van der Waals surface area contributed by atoms with Gasteiger partial charge < -0.3 is 4.74 Å². The molecule has 0 saturated heterocycles. The maximum atomic E-state index is 12.7. The summed E-state index contributed by atoms with van der Waals surface area (Å²) >= 11 is 4.62. The molecule has 1 aromatic carbocycles. The molecule has 2 aliphatic carbocycles. The summed E-state index contributed by atoms with van der Waals surface area (Å²) in [5, 5.41) is 2.35. The summed E-state index contributed by atoms with van der Waals surface area (Å²) in [6.45, 7) is 4.78. The van der Waals surface area contributed by atoms with Crippen LogP contribution in [0.4, 0.5) is 5.69 Å². The number of aliphatic imine (C=N–C) groups is 1. The number of hydrogen-bond acceptors (Lipinski definition) is 4. The lowest BCUT2D eigenvalue weighted by Gasteiger charge is -2.38. The smallest absolute Gasteiger partial charge is 0.314 e. The number of thiocarbonyl (C=S) groups is 1. The summed E-state index contributed by atoms with van der Waals surface area (Å²) < 4.78 is 5.64. The maximum absolute atomic E-state index is 12.7. The molecule has 0 radical (unpaired) electrons. The second-order valence-electron chi connectivity index (χ2n) is 10.9. The van der Waals surface area contributed by atoms with Gasteiger partial charge in [-0.1, -0.05) is 71.6 Å². The summed E-state index contributed by atoms with van der Waals surface area (Å²) in [5.74, 6) is 3.99. The fraction of sp³-hybridized carbons (Fsp3) is 0.733. The van der Waals surface area contributed by atoms with E-state index < -0.39 is 0 Å². The van der Waals surface area contributed by atoms with Crippen LogP contribution in [0.3, 0.4) is 0 Å². The number of carbonyl (C=O) groups excluding carboxylic acids is 1. The minimum absolute atomic E-state index is 0.0372. The molecule has 2 fully saturated rings. The van der Waals surface area contributed by atoms with Gasteiger partial charge in [0.25, 0.3) is 0 Å². The van der Waals surface area contributed by atoms with Gasteiger partial charge in [-0.3, -0.25) is 4.79 Å². The van der Waals surface area contributed by atoms with Crippen LogP contribution in [0.15, 0.2) is 29.3 Å². The Morgan fingerprint density at radius 2 is 1.53 bits per heavy atom. The fourth-order valence-corrected chi connectivity index (χ4v) is 6.43. The number of carbonyl (C=O) groups is 1. The molecule has 0 bridgehead atoms. The van der Waals surface area contributed by atoms with Gasteiger partial charge in [-0.15, -0.1) is 0 Å². The molecule has 0 amide bonds. The van der Waals surface area contributed by atoms with Crippen molar-refractivity contribution in [2.45, 2.75) is 110 Å². The topological polar surface area (TPSA) is 38.7 Å². The molecule has 1 aromatic rings. The minimum atomic E-state index is -0.0765. The number of ether oxygens (including phenoxy) is 1. The van der Waals surface area contributed by atoms with E-state index in [1.807, 2.05) is 0 Å². The first-order valence-corrected chi connectivity index (χ1v) is 14.4. The van der Waals surface area contributed by atoms with Crippen LogP contribution in [0.1, 0.15) is 110 Å². The van der Waals surface area contributed by atoms with Gasteiger partial charge in [0.2, 0.25) is 0 Å². The van der Waals surface area contributed by atoms with E-state index in [-0.39, 0.29) is 11.9 Å². The Morgan fingerprint density at radius 3 is 2.15 bits per heavy atom. The molecule has 4 heteroatoms. The van der Waals surface area contributed by atoms with Crippen LogP contribution >= 0.6 is 12.2 Å². The van der Waals surface area contributed by atoms with Crippen molar-refractivity contribution < 1.29 is 9.53 Å². The quantitative estimate of drug-likeness (QED) is 0.0977. The van der Waals surface area contributed by atoms with Gasteiger partial charge >= 0.3 is 5.97 Å². The number of esters is 1. The fourth-order valence-electron chi connectivity index (χ4n) is 6.32. The van der Waals surface area contributed by atoms with Crippen molar-refractivity contribution in [2.24, 2.45) is 34.6 Å². The van der Waals surface area contributed by atoms with E-state index in [9.17, 15) is 4.79 Å². The lowest BCUT2D eigenvalue weighted by Crippen LogP contribution is -2.31. The van der Waals surface area contributed by atoms with E-state index in [1.165, 1.54) is 83.5 Å². The van der Waals surface area contributed by atoms with Crippen molar-refractivity contribution in [3.05, 3.63) is 24.3 Å². The first-order valence-electron chi connectivity index (χ1n) is 14.0. The second-order valence-corrected chi connectivity index (χ2v) is 11.1. The Morgan fingerprint density at radius 1 is 0.941 bits per heavy atom. The first-order chi connectivity index (χ1) is 16.6. The molecule has 2 saturated carbocycles. The lowest BCUT2D eigenvalue weighted by atomic mass is 9.67. The first kappa shape index (κ1) is 27.1. The van der Waals surface area contributed by atoms with Gasteiger partial charge in [-0.2, -0.15) is 4.99 Å². The van der Waals surface area contributed by atoms with Crippen molar-refractivity contribution in [1.82, 2.24) is 0 Å². The third kappa shape index (κ3) is 8.61. The minimum Gasteiger partial charge on any atom is -0.426 e. The van der Waals surface area contributed by atoms with Gasteiger partial charge in [0.15, 0.2) is 0 Å². The number of rotatable bonds is 12. The molecule has 3 nitrogen and oxygen atoms in total. The van der Waals surface area contributed by atoms with Crippen LogP contribution in [0.5, 0.6) is 5.75 Å². The van der Waals surface area contributed by atoms with E-state index in [1.54, 1.807) is 24.3 Å². The zero-order valence-corrected chi connectivity index (χ0v) is 22.3. The molecular formula is C30H45NO2S. The SMILES string of the molecule is CCCCCCCCC1CCC(C(C)C2CCC(C(=O)Oc3ccc(N=C=S)cc3)CC2)CC1. The molecular weight excluding hydrogens is 438 g/mol. The summed E-state index contributed by atoms with van der Waals surface area (Å²) in [4.78, 5) is 16.6. The number of benzene rings is 1. The van der Waals surface area contributed by atoms with E-state index in [2.05, 4.69) is 36.2 Å². The Balaban J connectivity index is 1.33. The second kappa shape index (κ2) is 14.8. The molecule has 0 spiro atoms. The number of isothiocyanates is 1. The third-order valence-electron chi connectivity index (χ3n) is 8.68. The van der Waals surface area contributed by atoms with Gasteiger partial charge in [0, 0.05) is 0 Å². The summed E-state index contributed by atoms with van der Waals surface area (Å²) in [7, 11) is 0. The van der Waals surface area contributed by atoms with Gasteiger partial charge in [0.05, 0.1) is 16.8 Å². The van der Waals surface area contributed by atoms with E-state index in [0.717, 1.165) is 42.2 Å². The van der Waals surface area contributed by atoms with Crippen LogP contribution < -0.4 is 4.74 Å². The van der Waals surface area contributed by atoms with Crippen LogP contribution in [0.2, 0.25) is 0 Å². The highest BCUT2D eigenvalue weighted by atomic mass is 32.1. The van der Waals surface area contributed by atoms with Crippen LogP contribution in [0.25, 0.3) is 0 Å². The van der Waals surface area contributed by atoms with Crippen LogP contribution in [-0.2, 0) is 4.79 Å². The Hall–Kier alpha value is -1.51. The normalized spacial score (nSPS) is 25.8. The average molecular weight is 484 g/mol. The van der Waals surface area contributed by atoms with Crippen molar-refractivity contribution in [3.8, 4) is 5.75 Å². The molecule has 3 rings (SSSR count). The summed E-state index contributed by atoms with van der Waals surface area (Å²) in [5.41, 5.74) is 0.723. The van der Waals surface area contributed by atoms with Gasteiger partial charge in [0.1, 0.15) is 5.75 Å². The molecule has 188 valence electrons. The molecule has 0 aromatic heterocycles. The highest BCUT2D eigenvalue weighted by Crippen LogP contribution is 2.43. The van der Waals surface area contributed by atoms with Crippen molar-refractivity contribution in [1.29, 1.82) is 0 Å². The number of nitrogens with zero attached hydrogens (tertiary/aromatic N) is 1. The Labute approximate surface area is 213 Å². The van der Waals surface area contributed by atoms with E-state index in [0.29, 0.717) is 5.75 Å². The Bertz CT molecular complexity index is 769. The predicted molar refractivity (Wildman–Crippen MR) is 145 cm³/mol. The molecule has 2 aliphatic rings. The molecule has 34 heavy (non-hydrogen) atoms. The maximum Gasteiger partial charge on any atom is 0.314 e. The molecule has 0 heterocycles.